The van der Waals surface area contributed by atoms with Gasteiger partial charge in [0, 0.05) is 18.7 Å². The van der Waals surface area contributed by atoms with Crippen molar-refractivity contribution in [3.8, 4) is 0 Å². The molecule has 1 aromatic rings. The van der Waals surface area contributed by atoms with Crippen LogP contribution in [0.2, 0.25) is 0 Å². The van der Waals surface area contributed by atoms with Gasteiger partial charge in [-0.1, -0.05) is 42.5 Å². The van der Waals surface area contributed by atoms with Gasteiger partial charge in [-0.3, -0.25) is 14.5 Å². The van der Waals surface area contributed by atoms with E-state index in [9.17, 15) is 9.59 Å². The number of nitrogens with one attached hydrogen (secondary N) is 1. The number of benzene rings is 1. The van der Waals surface area contributed by atoms with Gasteiger partial charge in [0.25, 0.3) is 0 Å². The van der Waals surface area contributed by atoms with Crippen LogP contribution in [0.1, 0.15) is 31.2 Å². The van der Waals surface area contributed by atoms with E-state index in [1.165, 1.54) is 11.8 Å². The highest BCUT2D eigenvalue weighted by atomic mass is 32.2. The highest BCUT2D eigenvalue weighted by Gasteiger charge is 2.25. The largest absolute Gasteiger partial charge is 0.326 e. The predicted molar refractivity (Wildman–Crippen MR) is 95.0 cm³/mol. The average Bonchev–Trinajstić information content (AvgIpc) is 2.78. The number of anilines is 1. The van der Waals surface area contributed by atoms with Crippen molar-refractivity contribution in [2.75, 3.05) is 17.6 Å². The Labute approximate surface area is 140 Å². The van der Waals surface area contributed by atoms with Gasteiger partial charge in [0.2, 0.25) is 11.8 Å². The van der Waals surface area contributed by atoms with Crippen molar-refractivity contribution in [1.82, 2.24) is 4.90 Å². The summed E-state index contributed by atoms with van der Waals surface area (Å²) >= 11 is 6.55. The first-order valence-electron chi connectivity index (χ1n) is 7.40. The van der Waals surface area contributed by atoms with E-state index in [1.807, 2.05) is 31.2 Å². The lowest BCUT2D eigenvalue weighted by atomic mass is 10.1. The number of carbonyl (C=O) groups is 2. The lowest BCUT2D eigenvalue weighted by Gasteiger charge is -2.14. The van der Waals surface area contributed by atoms with Gasteiger partial charge in [0.1, 0.15) is 4.32 Å². The minimum atomic E-state index is 0.0360. The molecule has 1 fully saturated rings. The Morgan fingerprint density at radius 1 is 1.36 bits per heavy atom. The number of hydrogen-bond acceptors (Lipinski definition) is 4. The van der Waals surface area contributed by atoms with Gasteiger partial charge in [-0.15, -0.1) is 0 Å². The lowest BCUT2D eigenvalue weighted by Crippen LogP contribution is -2.29. The molecule has 6 heteroatoms. The predicted octanol–water partition coefficient (Wildman–Crippen LogP) is 3.35. The third-order valence-electron chi connectivity index (χ3n) is 3.43. The summed E-state index contributed by atoms with van der Waals surface area (Å²) in [4.78, 5) is 25.1. The molecule has 2 rings (SSSR count). The van der Waals surface area contributed by atoms with Gasteiger partial charge in [0.05, 0.1) is 5.75 Å². The molecule has 0 unspecified atom stereocenters. The number of thiocarbonyl (C=S) groups is 1. The van der Waals surface area contributed by atoms with E-state index in [0.29, 0.717) is 23.0 Å². The van der Waals surface area contributed by atoms with Crippen LogP contribution in [0.25, 0.3) is 0 Å². The van der Waals surface area contributed by atoms with E-state index >= 15 is 0 Å². The maximum Gasteiger partial charge on any atom is 0.238 e. The van der Waals surface area contributed by atoms with Crippen LogP contribution in [0.4, 0.5) is 5.69 Å². The molecule has 1 N–H and O–H groups in total. The Morgan fingerprint density at radius 2 is 2.18 bits per heavy atom. The van der Waals surface area contributed by atoms with E-state index < -0.39 is 0 Å². The average molecular weight is 336 g/mol. The number of thioether (sulfide) groups is 1. The summed E-state index contributed by atoms with van der Waals surface area (Å²) < 4.78 is 0.683. The first-order chi connectivity index (χ1) is 10.6. The van der Waals surface area contributed by atoms with Gasteiger partial charge in [-0.2, -0.15) is 0 Å². The van der Waals surface area contributed by atoms with Gasteiger partial charge in [0.15, 0.2) is 0 Å². The van der Waals surface area contributed by atoms with Crippen molar-refractivity contribution in [2.45, 2.75) is 32.6 Å². The van der Waals surface area contributed by atoms with Gasteiger partial charge < -0.3 is 5.32 Å². The number of aryl methyl sites for hydroxylation is 1. The first-order valence-corrected chi connectivity index (χ1v) is 8.79. The van der Waals surface area contributed by atoms with Crippen molar-refractivity contribution >= 4 is 45.8 Å². The third-order valence-corrected chi connectivity index (χ3v) is 4.86. The molecular weight excluding hydrogens is 316 g/mol. The van der Waals surface area contributed by atoms with Crippen LogP contribution in [-0.4, -0.2) is 33.3 Å². The zero-order valence-corrected chi connectivity index (χ0v) is 14.3. The summed E-state index contributed by atoms with van der Waals surface area (Å²) in [6, 6.07) is 7.77. The van der Waals surface area contributed by atoms with E-state index in [2.05, 4.69) is 5.32 Å². The van der Waals surface area contributed by atoms with Crippen LogP contribution >= 0.6 is 24.0 Å². The summed E-state index contributed by atoms with van der Waals surface area (Å²) in [7, 11) is 0. The maximum atomic E-state index is 11.8. The molecule has 0 atom stereocenters. The monoisotopic (exact) mass is 336 g/mol. The third kappa shape index (κ3) is 5.10. The quantitative estimate of drug-likeness (QED) is 0.613. The molecule has 0 aliphatic carbocycles. The minimum absolute atomic E-state index is 0.0360. The van der Waals surface area contributed by atoms with Crippen LogP contribution in [0.15, 0.2) is 24.3 Å². The Kier molecular flexibility index (Phi) is 6.39. The normalized spacial score (nSPS) is 14.5. The molecule has 1 heterocycles. The molecule has 1 aromatic carbocycles. The molecule has 1 aliphatic heterocycles. The summed E-state index contributed by atoms with van der Waals surface area (Å²) in [5.74, 6) is 0.610. The summed E-state index contributed by atoms with van der Waals surface area (Å²) in [6.45, 7) is 2.67. The fourth-order valence-corrected chi connectivity index (χ4v) is 3.40. The molecule has 0 saturated carbocycles. The molecule has 1 aliphatic rings. The topological polar surface area (TPSA) is 49.4 Å². The van der Waals surface area contributed by atoms with Crippen molar-refractivity contribution < 1.29 is 9.59 Å². The number of hydrogen-bond donors (Lipinski definition) is 1. The Balaban J connectivity index is 1.61. The smallest absolute Gasteiger partial charge is 0.238 e. The highest BCUT2D eigenvalue weighted by molar-refractivity contribution is 8.23. The molecular formula is C16H20N2O2S2. The van der Waals surface area contributed by atoms with Crippen LogP contribution in [0.3, 0.4) is 0 Å². The van der Waals surface area contributed by atoms with E-state index in [0.717, 1.165) is 30.5 Å². The molecule has 4 nitrogen and oxygen atoms in total. The number of unbranched alkanes of at least 4 members (excludes halogenated alkanes) is 2. The molecule has 0 radical (unpaired) electrons. The van der Waals surface area contributed by atoms with Crippen molar-refractivity contribution in [2.24, 2.45) is 0 Å². The minimum Gasteiger partial charge on any atom is -0.326 e. The fourth-order valence-electron chi connectivity index (χ4n) is 2.28. The molecule has 2 amide bonds. The van der Waals surface area contributed by atoms with Crippen molar-refractivity contribution in [3.63, 3.8) is 0 Å². The fraction of sp³-hybridized carbons (Fsp3) is 0.438. The Hall–Kier alpha value is -1.40. The van der Waals surface area contributed by atoms with E-state index in [1.54, 1.807) is 4.90 Å². The summed E-state index contributed by atoms with van der Waals surface area (Å²) in [6.07, 6.45) is 3.11. The zero-order valence-electron chi connectivity index (χ0n) is 12.6. The molecule has 1 saturated heterocycles. The summed E-state index contributed by atoms with van der Waals surface area (Å²) in [5, 5.41) is 2.90. The van der Waals surface area contributed by atoms with Crippen LogP contribution < -0.4 is 5.32 Å². The Morgan fingerprint density at radius 3 is 2.86 bits per heavy atom. The van der Waals surface area contributed by atoms with Gasteiger partial charge in [-0.25, -0.2) is 0 Å². The number of amides is 2. The van der Waals surface area contributed by atoms with E-state index in [4.69, 9.17) is 12.2 Å². The first kappa shape index (κ1) is 17.0. The second-order valence-electron chi connectivity index (χ2n) is 5.33. The summed E-state index contributed by atoms with van der Waals surface area (Å²) in [5.41, 5.74) is 1.97. The van der Waals surface area contributed by atoms with E-state index in [-0.39, 0.29) is 11.8 Å². The SMILES string of the molecule is Cc1cccc(NC(=O)CCCCCN2C(=O)CSC2=S)c1. The standard InChI is InChI=1S/C16H20N2O2S2/c1-12-6-5-7-13(10-12)17-14(19)8-3-2-4-9-18-15(20)11-22-16(18)21/h5-7,10H,2-4,8-9,11H2,1H3,(H,17,19). The lowest BCUT2D eigenvalue weighted by molar-refractivity contribution is -0.124. The number of carbonyl (C=O) groups excluding carboxylic acids is 2. The molecule has 0 aromatic heterocycles. The Bertz CT molecular complexity index is 559. The molecule has 118 valence electrons. The molecule has 22 heavy (non-hydrogen) atoms. The van der Waals surface area contributed by atoms with Crippen LogP contribution in [0, 0.1) is 6.92 Å². The van der Waals surface area contributed by atoms with Crippen LogP contribution in [0.5, 0.6) is 0 Å². The van der Waals surface area contributed by atoms with Gasteiger partial charge in [-0.05, 0) is 37.5 Å². The number of rotatable bonds is 7. The van der Waals surface area contributed by atoms with Crippen molar-refractivity contribution in [3.05, 3.63) is 29.8 Å². The zero-order chi connectivity index (χ0) is 15.9. The second-order valence-corrected chi connectivity index (χ2v) is 6.94. The second kappa shape index (κ2) is 8.29. The molecule has 0 bridgehead atoms. The van der Waals surface area contributed by atoms with Gasteiger partial charge >= 0.3 is 0 Å². The highest BCUT2D eigenvalue weighted by Crippen LogP contribution is 2.20. The molecule has 0 spiro atoms. The van der Waals surface area contributed by atoms with Crippen LogP contribution in [-0.2, 0) is 9.59 Å². The van der Waals surface area contributed by atoms with Crippen molar-refractivity contribution in [1.29, 1.82) is 0 Å². The number of nitrogens with zero attached hydrogens (tertiary/aromatic N) is 1. The maximum absolute atomic E-state index is 11.8.